The predicted molar refractivity (Wildman–Crippen MR) is 68.8 cm³/mol. The van der Waals surface area contributed by atoms with Crippen LogP contribution in [0.1, 0.15) is 0 Å². The molecule has 2 rings (SSSR count). The van der Waals surface area contributed by atoms with E-state index >= 15 is 0 Å². The van der Waals surface area contributed by atoms with Crippen molar-refractivity contribution >= 4 is 11.9 Å². The van der Waals surface area contributed by atoms with Crippen molar-refractivity contribution in [2.45, 2.75) is 12.2 Å². The third kappa shape index (κ3) is 5.38. The van der Waals surface area contributed by atoms with Crippen molar-refractivity contribution in [3.8, 4) is 0 Å². The summed E-state index contributed by atoms with van der Waals surface area (Å²) in [6, 6.07) is 0. The summed E-state index contributed by atoms with van der Waals surface area (Å²) in [7, 11) is 0. The lowest BCUT2D eigenvalue weighted by atomic mass is 10.2. The second-order valence-electron chi connectivity index (χ2n) is 4.33. The lowest BCUT2D eigenvalue weighted by Crippen LogP contribution is -2.14. The molecule has 0 aliphatic carbocycles. The van der Waals surface area contributed by atoms with Crippen molar-refractivity contribution in [2.75, 3.05) is 26.4 Å². The van der Waals surface area contributed by atoms with Gasteiger partial charge in [0.1, 0.15) is 25.4 Å². The van der Waals surface area contributed by atoms with Crippen LogP contribution in [-0.4, -0.2) is 50.6 Å². The zero-order chi connectivity index (χ0) is 14.4. The van der Waals surface area contributed by atoms with Crippen molar-refractivity contribution in [3.63, 3.8) is 0 Å². The van der Waals surface area contributed by atoms with Gasteiger partial charge in [0.2, 0.25) is 0 Å². The largest absolute Gasteiger partial charge is 0.460 e. The molecule has 2 heterocycles. The van der Waals surface area contributed by atoms with E-state index in [1.165, 1.54) is 18.2 Å². The first-order valence-electron chi connectivity index (χ1n) is 6.27. The fraction of sp³-hybridized carbons (Fsp3) is 0.429. The van der Waals surface area contributed by atoms with E-state index in [1.54, 1.807) is 0 Å². The van der Waals surface area contributed by atoms with Crippen LogP contribution in [0.2, 0.25) is 0 Å². The average molecular weight is 280 g/mol. The van der Waals surface area contributed by atoms with Crippen LogP contribution in [0.3, 0.4) is 0 Å². The number of carbonyl (C=O) groups excluding carboxylic acids is 2. The van der Waals surface area contributed by atoms with Gasteiger partial charge in [-0.2, -0.15) is 0 Å². The molecule has 6 nitrogen and oxygen atoms in total. The molecule has 2 atom stereocenters. The summed E-state index contributed by atoms with van der Waals surface area (Å²) in [4.78, 5) is 23.4. The summed E-state index contributed by atoms with van der Waals surface area (Å²) in [6.45, 7) is 5.08. The molecule has 0 bridgehead atoms. The molecule has 0 saturated carbocycles. The molecular formula is C14H16O6. The van der Waals surface area contributed by atoms with Gasteiger partial charge in [0, 0.05) is 6.08 Å². The van der Waals surface area contributed by atoms with E-state index < -0.39 is 11.9 Å². The molecule has 20 heavy (non-hydrogen) atoms. The van der Waals surface area contributed by atoms with Crippen LogP contribution in [0.5, 0.6) is 0 Å². The highest BCUT2D eigenvalue weighted by atomic mass is 16.6. The Balaban J connectivity index is 1.88. The molecule has 0 N–H and O–H groups in total. The first-order chi connectivity index (χ1) is 9.69. The summed E-state index contributed by atoms with van der Waals surface area (Å²) in [5.74, 6) is -1.21. The molecule has 6 heteroatoms. The van der Waals surface area contributed by atoms with E-state index in [0.717, 1.165) is 6.08 Å². The smallest absolute Gasteiger partial charge is 0.338 e. The molecule has 0 radical (unpaired) electrons. The van der Waals surface area contributed by atoms with Crippen molar-refractivity contribution in [3.05, 3.63) is 36.5 Å². The standard InChI is InChI=1S/C14H16O6/c1-2-3-4-10(14(16)20-9-12-7-18-12)5-13(15)19-8-11-6-17-11/h2-5,11-12H,1,6-9H2/b4-3-,10-5-. The Hall–Kier alpha value is -1.92. The highest BCUT2D eigenvalue weighted by Gasteiger charge is 2.26. The van der Waals surface area contributed by atoms with Gasteiger partial charge < -0.3 is 18.9 Å². The first-order valence-corrected chi connectivity index (χ1v) is 6.27. The van der Waals surface area contributed by atoms with Crippen LogP contribution in [0.15, 0.2) is 36.5 Å². The van der Waals surface area contributed by atoms with Crippen LogP contribution in [-0.2, 0) is 28.5 Å². The zero-order valence-corrected chi connectivity index (χ0v) is 10.9. The van der Waals surface area contributed by atoms with Gasteiger partial charge in [-0.15, -0.1) is 0 Å². The topological polar surface area (TPSA) is 77.7 Å². The van der Waals surface area contributed by atoms with Gasteiger partial charge in [-0.3, -0.25) is 0 Å². The van der Waals surface area contributed by atoms with Crippen molar-refractivity contribution in [1.29, 1.82) is 0 Å². The van der Waals surface area contributed by atoms with Gasteiger partial charge in [-0.25, -0.2) is 9.59 Å². The third-order valence-electron chi connectivity index (χ3n) is 2.54. The normalized spacial score (nSPS) is 24.3. The molecule has 0 amide bonds. The second-order valence-corrected chi connectivity index (χ2v) is 4.33. The van der Waals surface area contributed by atoms with Crippen molar-refractivity contribution in [2.24, 2.45) is 0 Å². The summed E-state index contributed by atoms with van der Waals surface area (Å²) in [5, 5.41) is 0. The van der Waals surface area contributed by atoms with E-state index in [4.69, 9.17) is 18.9 Å². The Morgan fingerprint density at radius 2 is 1.75 bits per heavy atom. The summed E-state index contributed by atoms with van der Waals surface area (Å²) in [6.07, 6.45) is 5.53. The van der Waals surface area contributed by atoms with Crippen molar-refractivity contribution in [1.82, 2.24) is 0 Å². The molecule has 2 unspecified atom stereocenters. The second kappa shape index (κ2) is 7.02. The summed E-state index contributed by atoms with van der Waals surface area (Å²) < 4.78 is 19.8. The maximum absolute atomic E-state index is 11.8. The van der Waals surface area contributed by atoms with Gasteiger partial charge in [0.15, 0.2) is 0 Å². The van der Waals surface area contributed by atoms with E-state index in [1.807, 2.05) is 0 Å². The van der Waals surface area contributed by atoms with E-state index in [2.05, 4.69) is 6.58 Å². The van der Waals surface area contributed by atoms with Gasteiger partial charge in [-0.1, -0.05) is 18.7 Å². The Labute approximate surface area is 116 Å². The third-order valence-corrected chi connectivity index (χ3v) is 2.54. The lowest BCUT2D eigenvalue weighted by molar-refractivity contribution is -0.141. The fourth-order valence-electron chi connectivity index (χ4n) is 1.27. The fourth-order valence-corrected chi connectivity index (χ4v) is 1.27. The van der Waals surface area contributed by atoms with Crippen LogP contribution in [0.4, 0.5) is 0 Å². The monoisotopic (exact) mass is 280 g/mol. The molecule has 0 aromatic rings. The lowest BCUT2D eigenvalue weighted by Gasteiger charge is -2.04. The minimum absolute atomic E-state index is 0.0153. The van der Waals surface area contributed by atoms with E-state index in [9.17, 15) is 9.59 Å². The van der Waals surface area contributed by atoms with E-state index in [-0.39, 0.29) is 31.0 Å². The van der Waals surface area contributed by atoms with Crippen LogP contribution in [0.25, 0.3) is 0 Å². The summed E-state index contributed by atoms with van der Waals surface area (Å²) in [5.41, 5.74) is 0.104. The Morgan fingerprint density at radius 3 is 2.30 bits per heavy atom. The Bertz CT molecular complexity index is 443. The van der Waals surface area contributed by atoms with Gasteiger partial charge >= 0.3 is 11.9 Å². The van der Waals surface area contributed by atoms with Gasteiger partial charge in [0.25, 0.3) is 0 Å². The molecule has 2 fully saturated rings. The number of ether oxygens (including phenoxy) is 4. The number of esters is 2. The first kappa shape index (κ1) is 14.5. The molecule has 2 aliphatic heterocycles. The molecule has 2 aliphatic rings. The van der Waals surface area contributed by atoms with Crippen molar-refractivity contribution < 1.29 is 28.5 Å². The number of allylic oxidation sites excluding steroid dienone is 2. The SMILES string of the molecule is C=C/C=C\C(=C\C(=O)OCC1CO1)C(=O)OCC1CO1. The summed E-state index contributed by atoms with van der Waals surface area (Å²) >= 11 is 0. The number of carbonyl (C=O) groups is 2. The number of hydrogen-bond acceptors (Lipinski definition) is 6. The average Bonchev–Trinajstić information content (AvgIpc) is 3.31. The minimum Gasteiger partial charge on any atom is -0.460 e. The highest BCUT2D eigenvalue weighted by molar-refractivity contribution is 5.98. The van der Waals surface area contributed by atoms with Gasteiger partial charge in [-0.05, 0) is 6.08 Å². The molecular weight excluding hydrogens is 264 g/mol. The number of hydrogen-bond donors (Lipinski definition) is 0. The molecule has 0 aromatic heterocycles. The van der Waals surface area contributed by atoms with Crippen LogP contribution < -0.4 is 0 Å². The van der Waals surface area contributed by atoms with Crippen LogP contribution >= 0.6 is 0 Å². The molecule has 2 saturated heterocycles. The van der Waals surface area contributed by atoms with Crippen LogP contribution in [0, 0.1) is 0 Å². The number of epoxide rings is 2. The molecule has 108 valence electrons. The maximum atomic E-state index is 11.8. The maximum Gasteiger partial charge on any atom is 0.338 e. The Kier molecular flexibility index (Phi) is 5.09. The predicted octanol–water partition coefficient (Wildman–Crippen LogP) is 0.539. The minimum atomic E-state index is -0.608. The quantitative estimate of drug-likeness (QED) is 0.279. The van der Waals surface area contributed by atoms with E-state index in [0.29, 0.717) is 13.2 Å². The molecule has 0 spiro atoms. The van der Waals surface area contributed by atoms with Gasteiger partial charge in [0.05, 0.1) is 18.8 Å². The number of rotatable bonds is 8. The molecule has 0 aromatic carbocycles. The Morgan fingerprint density at radius 1 is 1.15 bits per heavy atom. The zero-order valence-electron chi connectivity index (χ0n) is 10.9. The highest BCUT2D eigenvalue weighted by Crippen LogP contribution is 2.12.